The van der Waals surface area contributed by atoms with Crippen molar-refractivity contribution in [3.63, 3.8) is 0 Å². The first kappa shape index (κ1) is 24.1. The number of nitrogens with zero attached hydrogens (tertiary/aromatic N) is 5. The minimum Gasteiger partial charge on any atom is -0.379 e. The Balaban J connectivity index is 0.00000364. The molecular formula is C18H36IN7O. The van der Waals surface area contributed by atoms with Crippen molar-refractivity contribution >= 4 is 29.9 Å². The maximum atomic E-state index is 5.53. The lowest BCUT2D eigenvalue weighted by Crippen LogP contribution is -2.53. The fourth-order valence-electron chi connectivity index (χ4n) is 3.60. The number of aromatic nitrogens is 3. The molecule has 0 saturated carbocycles. The molecule has 1 unspecified atom stereocenters. The number of hydrogen-bond acceptors (Lipinski definition) is 5. The molecule has 1 aliphatic heterocycles. The minimum absolute atomic E-state index is 0. The number of aliphatic imine (C=N–C) groups is 1. The lowest BCUT2D eigenvalue weighted by atomic mass is 9.92. The highest BCUT2D eigenvalue weighted by Gasteiger charge is 2.27. The Morgan fingerprint density at radius 2 is 1.93 bits per heavy atom. The van der Waals surface area contributed by atoms with Gasteiger partial charge in [0, 0.05) is 39.3 Å². The highest BCUT2D eigenvalue weighted by Crippen LogP contribution is 2.19. The summed E-state index contributed by atoms with van der Waals surface area (Å²) in [5.74, 6) is 2.39. The molecule has 1 aliphatic rings. The third-order valence-electron chi connectivity index (χ3n) is 5.26. The van der Waals surface area contributed by atoms with Gasteiger partial charge in [-0.15, -0.1) is 34.2 Å². The molecule has 8 nitrogen and oxygen atoms in total. The molecule has 9 heteroatoms. The second-order valence-corrected chi connectivity index (χ2v) is 6.63. The largest absolute Gasteiger partial charge is 0.379 e. The highest BCUT2D eigenvalue weighted by atomic mass is 127. The van der Waals surface area contributed by atoms with Crippen LogP contribution in [-0.4, -0.2) is 71.6 Å². The van der Waals surface area contributed by atoms with E-state index in [2.05, 4.69) is 51.5 Å². The first-order chi connectivity index (χ1) is 12.7. The predicted molar refractivity (Wildman–Crippen MR) is 120 cm³/mol. The number of halogens is 1. The Hall–Kier alpha value is -0.940. The van der Waals surface area contributed by atoms with Crippen molar-refractivity contribution in [2.75, 3.05) is 39.9 Å². The summed E-state index contributed by atoms with van der Waals surface area (Å²) >= 11 is 0. The quantitative estimate of drug-likeness (QED) is 0.310. The zero-order valence-electron chi connectivity index (χ0n) is 17.1. The maximum absolute atomic E-state index is 5.53. The second kappa shape index (κ2) is 13.3. The number of morpholine rings is 1. The van der Waals surface area contributed by atoms with Crippen LogP contribution in [0, 0.1) is 5.92 Å². The van der Waals surface area contributed by atoms with E-state index in [-0.39, 0.29) is 24.0 Å². The molecule has 0 bridgehead atoms. The van der Waals surface area contributed by atoms with Crippen molar-refractivity contribution in [1.82, 2.24) is 30.3 Å². The van der Waals surface area contributed by atoms with E-state index in [1.54, 1.807) is 13.4 Å². The van der Waals surface area contributed by atoms with Crippen molar-refractivity contribution < 1.29 is 4.74 Å². The molecule has 0 aliphatic carbocycles. The number of aryl methyl sites for hydroxylation is 1. The van der Waals surface area contributed by atoms with Crippen LogP contribution in [0.15, 0.2) is 11.3 Å². The molecule has 0 amide bonds. The van der Waals surface area contributed by atoms with Crippen molar-refractivity contribution in [3.05, 3.63) is 12.2 Å². The van der Waals surface area contributed by atoms with Crippen molar-refractivity contribution in [3.8, 4) is 0 Å². The van der Waals surface area contributed by atoms with Gasteiger partial charge >= 0.3 is 0 Å². The molecule has 27 heavy (non-hydrogen) atoms. The van der Waals surface area contributed by atoms with Gasteiger partial charge in [0.1, 0.15) is 6.33 Å². The first-order valence-corrected chi connectivity index (χ1v) is 9.86. The van der Waals surface area contributed by atoms with E-state index in [1.165, 1.54) is 12.8 Å². The third kappa shape index (κ3) is 7.19. The number of ether oxygens (including phenoxy) is 1. The van der Waals surface area contributed by atoms with Gasteiger partial charge in [0.05, 0.1) is 19.8 Å². The van der Waals surface area contributed by atoms with Gasteiger partial charge in [-0.25, -0.2) is 0 Å². The van der Waals surface area contributed by atoms with Crippen LogP contribution in [0.1, 0.15) is 39.4 Å². The van der Waals surface area contributed by atoms with Crippen molar-refractivity contribution in [2.24, 2.45) is 10.9 Å². The van der Waals surface area contributed by atoms with E-state index in [9.17, 15) is 0 Å². The molecule has 0 aromatic carbocycles. The molecule has 1 aromatic heterocycles. The summed E-state index contributed by atoms with van der Waals surface area (Å²) in [6.45, 7) is 12.7. The second-order valence-electron chi connectivity index (χ2n) is 6.63. The van der Waals surface area contributed by atoms with Gasteiger partial charge in [0.15, 0.2) is 11.8 Å². The average Bonchev–Trinajstić information content (AvgIpc) is 3.15. The zero-order chi connectivity index (χ0) is 18.8. The summed E-state index contributed by atoms with van der Waals surface area (Å²) in [6, 6.07) is 0.492. The van der Waals surface area contributed by atoms with Gasteiger partial charge in [-0.3, -0.25) is 9.89 Å². The van der Waals surface area contributed by atoms with E-state index in [0.717, 1.165) is 51.2 Å². The Morgan fingerprint density at radius 3 is 2.52 bits per heavy atom. The van der Waals surface area contributed by atoms with Gasteiger partial charge in [-0.1, -0.05) is 26.7 Å². The van der Waals surface area contributed by atoms with Crippen LogP contribution < -0.4 is 10.6 Å². The van der Waals surface area contributed by atoms with Gasteiger partial charge in [-0.2, -0.15) is 0 Å². The van der Waals surface area contributed by atoms with Gasteiger partial charge in [-0.05, 0) is 12.8 Å². The number of nitrogens with one attached hydrogen (secondary N) is 2. The van der Waals surface area contributed by atoms with E-state index in [0.29, 0.717) is 18.5 Å². The summed E-state index contributed by atoms with van der Waals surface area (Å²) in [5, 5.41) is 15.0. The van der Waals surface area contributed by atoms with Crippen molar-refractivity contribution in [1.29, 1.82) is 0 Å². The fourth-order valence-corrected chi connectivity index (χ4v) is 3.60. The monoisotopic (exact) mass is 493 g/mol. The topological polar surface area (TPSA) is 79.6 Å². The Morgan fingerprint density at radius 1 is 1.22 bits per heavy atom. The number of guanidine groups is 1. The van der Waals surface area contributed by atoms with Crippen LogP contribution in [-0.2, 0) is 17.8 Å². The van der Waals surface area contributed by atoms with E-state index in [1.807, 2.05) is 4.57 Å². The standard InChI is InChI=1S/C18H35N7O.HI/c1-5-15(6-2)16(25-8-10-26-11-9-25)12-20-18(19-4)21-13-17-23-22-14-24(17)7-3;/h14-16H,5-13H2,1-4H3,(H2,19,20,21);1H. The third-order valence-corrected chi connectivity index (χ3v) is 5.26. The van der Waals surface area contributed by atoms with Crippen LogP contribution in [0.25, 0.3) is 0 Å². The smallest absolute Gasteiger partial charge is 0.191 e. The average molecular weight is 493 g/mol. The van der Waals surface area contributed by atoms with E-state index in [4.69, 9.17) is 4.74 Å². The Kier molecular flexibility index (Phi) is 11.8. The van der Waals surface area contributed by atoms with Crippen LogP contribution >= 0.6 is 24.0 Å². The summed E-state index contributed by atoms with van der Waals surface area (Å²) in [7, 11) is 1.81. The van der Waals surface area contributed by atoms with Crippen LogP contribution in [0.2, 0.25) is 0 Å². The fraction of sp³-hybridized carbons (Fsp3) is 0.833. The number of rotatable bonds is 9. The normalized spacial score (nSPS) is 16.9. The molecule has 0 spiro atoms. The van der Waals surface area contributed by atoms with Gasteiger partial charge in [0.25, 0.3) is 0 Å². The van der Waals surface area contributed by atoms with E-state index >= 15 is 0 Å². The van der Waals surface area contributed by atoms with Crippen molar-refractivity contribution in [2.45, 2.75) is 52.7 Å². The maximum Gasteiger partial charge on any atom is 0.191 e. The van der Waals surface area contributed by atoms with Crippen LogP contribution in [0.5, 0.6) is 0 Å². The first-order valence-electron chi connectivity index (χ1n) is 9.86. The Labute approximate surface area is 180 Å². The summed E-state index contributed by atoms with van der Waals surface area (Å²) in [4.78, 5) is 6.93. The number of hydrogen-bond donors (Lipinski definition) is 2. The molecule has 2 heterocycles. The summed E-state index contributed by atoms with van der Waals surface area (Å²) in [5.41, 5.74) is 0. The molecule has 1 saturated heterocycles. The van der Waals surface area contributed by atoms with Gasteiger partial charge in [0.2, 0.25) is 0 Å². The minimum atomic E-state index is 0. The van der Waals surface area contributed by atoms with Gasteiger partial charge < -0.3 is 19.9 Å². The molecule has 2 N–H and O–H groups in total. The SMILES string of the molecule is CCC(CC)C(CNC(=NC)NCc1nncn1CC)N1CCOCC1.I. The lowest BCUT2D eigenvalue weighted by Gasteiger charge is -2.39. The van der Waals surface area contributed by atoms with E-state index < -0.39 is 0 Å². The molecule has 156 valence electrons. The highest BCUT2D eigenvalue weighted by molar-refractivity contribution is 14.0. The molecule has 1 atom stereocenters. The predicted octanol–water partition coefficient (Wildman–Crippen LogP) is 1.72. The Bertz CT molecular complexity index is 542. The molecule has 1 aromatic rings. The van der Waals surface area contributed by atoms with Crippen LogP contribution in [0.4, 0.5) is 0 Å². The van der Waals surface area contributed by atoms with Crippen LogP contribution in [0.3, 0.4) is 0 Å². The lowest BCUT2D eigenvalue weighted by molar-refractivity contribution is 0.00272. The summed E-state index contributed by atoms with van der Waals surface area (Å²) < 4.78 is 7.56. The molecular weight excluding hydrogens is 457 g/mol. The zero-order valence-corrected chi connectivity index (χ0v) is 19.5. The molecule has 0 radical (unpaired) electrons. The molecule has 2 rings (SSSR count). The molecule has 1 fully saturated rings. The summed E-state index contributed by atoms with van der Waals surface area (Å²) in [6.07, 6.45) is 4.13.